The molecule has 1 saturated carbocycles. The number of benzene rings is 1. The van der Waals surface area contributed by atoms with Crippen LogP contribution in [-0.4, -0.2) is 29.2 Å². The van der Waals surface area contributed by atoms with Crippen molar-refractivity contribution in [2.75, 3.05) is 13.2 Å². The molecule has 1 N–H and O–H groups in total. The van der Waals surface area contributed by atoms with E-state index in [1.54, 1.807) is 6.07 Å². The third-order valence-electron chi connectivity index (χ3n) is 3.61. The molecule has 18 heavy (non-hydrogen) atoms. The number of hydrogen-bond donors (Lipinski definition) is 1. The zero-order valence-electron chi connectivity index (χ0n) is 10.4. The SMILES string of the molecule is OCCN(Cc1cc(F)ccc1Cl)C1CCCC1. The van der Waals surface area contributed by atoms with Gasteiger partial charge in [-0.25, -0.2) is 4.39 Å². The summed E-state index contributed by atoms with van der Waals surface area (Å²) in [5, 5.41) is 9.74. The molecular formula is C14H19ClFNO. The van der Waals surface area contributed by atoms with Gasteiger partial charge in [0, 0.05) is 24.2 Å². The van der Waals surface area contributed by atoms with E-state index in [1.807, 2.05) is 0 Å². The fourth-order valence-corrected chi connectivity index (χ4v) is 2.85. The number of aliphatic hydroxyl groups excluding tert-OH is 1. The lowest BCUT2D eigenvalue weighted by Crippen LogP contribution is -2.35. The Kier molecular flexibility index (Phi) is 4.98. The van der Waals surface area contributed by atoms with E-state index < -0.39 is 0 Å². The van der Waals surface area contributed by atoms with Crippen LogP contribution in [0.5, 0.6) is 0 Å². The van der Waals surface area contributed by atoms with E-state index in [0.29, 0.717) is 24.2 Å². The minimum Gasteiger partial charge on any atom is -0.395 e. The highest BCUT2D eigenvalue weighted by Crippen LogP contribution is 2.26. The normalized spacial score (nSPS) is 16.7. The molecular weight excluding hydrogens is 253 g/mol. The second-order valence-electron chi connectivity index (χ2n) is 4.87. The second-order valence-corrected chi connectivity index (χ2v) is 5.28. The molecule has 2 nitrogen and oxygen atoms in total. The Morgan fingerprint density at radius 2 is 2.06 bits per heavy atom. The van der Waals surface area contributed by atoms with Gasteiger partial charge in [0.1, 0.15) is 5.82 Å². The fraction of sp³-hybridized carbons (Fsp3) is 0.571. The molecule has 0 aliphatic heterocycles. The first-order valence-corrected chi connectivity index (χ1v) is 6.87. The molecule has 1 aromatic carbocycles. The van der Waals surface area contributed by atoms with Crippen molar-refractivity contribution in [3.05, 3.63) is 34.6 Å². The van der Waals surface area contributed by atoms with Crippen LogP contribution < -0.4 is 0 Å². The van der Waals surface area contributed by atoms with Crippen molar-refractivity contribution in [2.45, 2.75) is 38.3 Å². The maximum Gasteiger partial charge on any atom is 0.123 e. The van der Waals surface area contributed by atoms with Gasteiger partial charge in [-0.05, 0) is 36.6 Å². The third-order valence-corrected chi connectivity index (χ3v) is 3.98. The Morgan fingerprint density at radius 3 is 2.72 bits per heavy atom. The predicted octanol–water partition coefficient (Wildman–Crippen LogP) is 3.22. The molecule has 100 valence electrons. The van der Waals surface area contributed by atoms with E-state index in [0.717, 1.165) is 18.4 Å². The second kappa shape index (κ2) is 6.50. The molecule has 0 saturated heterocycles. The highest BCUT2D eigenvalue weighted by Gasteiger charge is 2.22. The van der Waals surface area contributed by atoms with E-state index in [-0.39, 0.29) is 12.4 Å². The zero-order chi connectivity index (χ0) is 13.0. The number of halogens is 2. The lowest BCUT2D eigenvalue weighted by molar-refractivity contribution is 0.144. The minimum atomic E-state index is -0.259. The van der Waals surface area contributed by atoms with Crippen molar-refractivity contribution in [1.82, 2.24) is 4.90 Å². The minimum absolute atomic E-state index is 0.128. The Bertz CT molecular complexity index is 393. The summed E-state index contributed by atoms with van der Waals surface area (Å²) in [6, 6.07) is 4.95. The van der Waals surface area contributed by atoms with Crippen molar-refractivity contribution >= 4 is 11.6 Å². The molecule has 0 bridgehead atoms. The maximum atomic E-state index is 13.2. The van der Waals surface area contributed by atoms with Gasteiger partial charge in [0.2, 0.25) is 0 Å². The molecule has 0 spiro atoms. The van der Waals surface area contributed by atoms with E-state index in [9.17, 15) is 4.39 Å². The van der Waals surface area contributed by atoms with Crippen LogP contribution in [-0.2, 0) is 6.54 Å². The molecule has 0 heterocycles. The molecule has 0 amide bonds. The van der Waals surface area contributed by atoms with E-state index >= 15 is 0 Å². The van der Waals surface area contributed by atoms with Gasteiger partial charge in [-0.3, -0.25) is 4.90 Å². The molecule has 0 aromatic heterocycles. The van der Waals surface area contributed by atoms with Gasteiger partial charge in [-0.15, -0.1) is 0 Å². The van der Waals surface area contributed by atoms with Gasteiger partial charge >= 0.3 is 0 Å². The summed E-state index contributed by atoms with van der Waals surface area (Å²) in [4.78, 5) is 2.22. The highest BCUT2D eigenvalue weighted by atomic mass is 35.5. The predicted molar refractivity (Wildman–Crippen MR) is 71.2 cm³/mol. The Balaban J connectivity index is 2.09. The van der Waals surface area contributed by atoms with Crippen LogP contribution in [0.15, 0.2) is 18.2 Å². The number of hydrogen-bond acceptors (Lipinski definition) is 2. The molecule has 1 aromatic rings. The highest BCUT2D eigenvalue weighted by molar-refractivity contribution is 6.31. The van der Waals surface area contributed by atoms with Crippen LogP contribution in [0.25, 0.3) is 0 Å². The number of aliphatic hydroxyl groups is 1. The van der Waals surface area contributed by atoms with Gasteiger partial charge in [0.15, 0.2) is 0 Å². The molecule has 1 aliphatic carbocycles. The van der Waals surface area contributed by atoms with Crippen molar-refractivity contribution in [3.8, 4) is 0 Å². The molecule has 1 fully saturated rings. The number of nitrogens with zero attached hydrogens (tertiary/aromatic N) is 1. The molecule has 1 aliphatic rings. The monoisotopic (exact) mass is 271 g/mol. The lowest BCUT2D eigenvalue weighted by Gasteiger charge is -2.28. The van der Waals surface area contributed by atoms with E-state index in [4.69, 9.17) is 16.7 Å². The molecule has 4 heteroatoms. The first kappa shape index (κ1) is 13.8. The summed E-state index contributed by atoms with van der Waals surface area (Å²) in [5.41, 5.74) is 0.803. The van der Waals surface area contributed by atoms with E-state index in [1.165, 1.54) is 25.0 Å². The number of rotatable bonds is 5. The quantitative estimate of drug-likeness (QED) is 0.889. The van der Waals surface area contributed by atoms with Crippen LogP contribution in [0.3, 0.4) is 0 Å². The summed E-state index contributed by atoms with van der Waals surface area (Å²) in [7, 11) is 0. The van der Waals surface area contributed by atoms with E-state index in [2.05, 4.69) is 4.90 Å². The summed E-state index contributed by atoms with van der Waals surface area (Å²) in [6.45, 7) is 1.36. The Labute approximate surface area is 112 Å². The van der Waals surface area contributed by atoms with Crippen LogP contribution in [0.1, 0.15) is 31.2 Å². The average Bonchev–Trinajstić information content (AvgIpc) is 2.87. The van der Waals surface area contributed by atoms with Crippen LogP contribution in [0, 0.1) is 5.82 Å². The Morgan fingerprint density at radius 1 is 1.33 bits per heavy atom. The molecule has 0 unspecified atom stereocenters. The van der Waals surface area contributed by atoms with Gasteiger partial charge in [0.25, 0.3) is 0 Å². The molecule has 0 atom stereocenters. The largest absolute Gasteiger partial charge is 0.395 e. The molecule has 2 rings (SSSR count). The van der Waals surface area contributed by atoms with Crippen LogP contribution in [0.4, 0.5) is 4.39 Å². The fourth-order valence-electron chi connectivity index (χ4n) is 2.67. The molecule has 0 radical (unpaired) electrons. The summed E-state index contributed by atoms with van der Waals surface area (Å²) < 4.78 is 13.2. The average molecular weight is 272 g/mol. The first-order chi connectivity index (χ1) is 8.70. The van der Waals surface area contributed by atoms with Gasteiger partial charge < -0.3 is 5.11 Å². The van der Waals surface area contributed by atoms with Crippen LogP contribution in [0.2, 0.25) is 5.02 Å². The lowest BCUT2D eigenvalue weighted by atomic mass is 10.1. The zero-order valence-corrected chi connectivity index (χ0v) is 11.2. The van der Waals surface area contributed by atoms with Crippen LogP contribution >= 0.6 is 11.6 Å². The topological polar surface area (TPSA) is 23.5 Å². The smallest absolute Gasteiger partial charge is 0.123 e. The Hall–Kier alpha value is -0.640. The third kappa shape index (κ3) is 3.44. The summed E-state index contributed by atoms with van der Waals surface area (Å²) in [6.07, 6.45) is 4.80. The summed E-state index contributed by atoms with van der Waals surface area (Å²) in [5.74, 6) is -0.259. The standard InChI is InChI=1S/C14H19ClFNO/c15-14-6-5-12(16)9-11(14)10-17(7-8-18)13-3-1-2-4-13/h5-6,9,13,18H,1-4,7-8,10H2. The summed E-state index contributed by atoms with van der Waals surface area (Å²) >= 11 is 6.09. The first-order valence-electron chi connectivity index (χ1n) is 6.49. The van der Waals surface area contributed by atoms with Crippen molar-refractivity contribution < 1.29 is 9.50 Å². The van der Waals surface area contributed by atoms with Crippen molar-refractivity contribution in [2.24, 2.45) is 0 Å². The maximum absolute atomic E-state index is 13.2. The van der Waals surface area contributed by atoms with Gasteiger partial charge in [-0.2, -0.15) is 0 Å². The van der Waals surface area contributed by atoms with Gasteiger partial charge in [0.05, 0.1) is 6.61 Å². The van der Waals surface area contributed by atoms with Crippen molar-refractivity contribution in [1.29, 1.82) is 0 Å². The van der Waals surface area contributed by atoms with Crippen molar-refractivity contribution in [3.63, 3.8) is 0 Å². The van der Waals surface area contributed by atoms with Gasteiger partial charge in [-0.1, -0.05) is 24.4 Å².